The first kappa shape index (κ1) is 15.5. The monoisotopic (exact) mass is 336 g/mol. The molecule has 9 heteroatoms. The van der Waals surface area contributed by atoms with Crippen molar-refractivity contribution in [3.8, 4) is 0 Å². The van der Waals surface area contributed by atoms with E-state index in [1.165, 1.54) is 17.6 Å². The van der Waals surface area contributed by atoms with Crippen LogP contribution in [0.5, 0.6) is 0 Å². The molecule has 122 valence electrons. The van der Waals surface area contributed by atoms with Crippen molar-refractivity contribution in [2.24, 2.45) is 0 Å². The molecule has 1 atom stereocenters. The van der Waals surface area contributed by atoms with Gasteiger partial charge < -0.3 is 14.2 Å². The van der Waals surface area contributed by atoms with E-state index >= 15 is 0 Å². The summed E-state index contributed by atoms with van der Waals surface area (Å²) in [4.78, 5) is 30.1. The van der Waals surface area contributed by atoms with Crippen molar-refractivity contribution >= 4 is 29.2 Å². The Morgan fingerprint density at radius 3 is 3.17 bits per heavy atom. The van der Waals surface area contributed by atoms with Gasteiger partial charge in [0.1, 0.15) is 11.3 Å². The molecule has 23 heavy (non-hydrogen) atoms. The van der Waals surface area contributed by atoms with Crippen LogP contribution in [0.2, 0.25) is 0 Å². The highest BCUT2D eigenvalue weighted by molar-refractivity contribution is 7.09. The maximum atomic E-state index is 12.4. The van der Waals surface area contributed by atoms with Gasteiger partial charge in [-0.05, 0) is 19.8 Å². The van der Waals surface area contributed by atoms with Crippen LogP contribution in [0.25, 0.3) is 0 Å². The van der Waals surface area contributed by atoms with Gasteiger partial charge in [-0.2, -0.15) is 0 Å². The average molecular weight is 336 g/mol. The van der Waals surface area contributed by atoms with Crippen molar-refractivity contribution in [2.75, 3.05) is 18.5 Å². The first-order valence-corrected chi connectivity index (χ1v) is 8.17. The van der Waals surface area contributed by atoms with Gasteiger partial charge in [-0.15, -0.1) is 11.3 Å². The number of aromatic nitrogens is 2. The number of urea groups is 1. The van der Waals surface area contributed by atoms with E-state index < -0.39 is 5.97 Å². The van der Waals surface area contributed by atoms with Gasteiger partial charge in [-0.25, -0.2) is 14.6 Å². The largest absolute Gasteiger partial charge is 0.461 e. The maximum Gasteiger partial charge on any atom is 0.357 e. The molecule has 2 aromatic rings. The Labute approximate surface area is 136 Å². The molecule has 1 aliphatic heterocycles. The Balaban J connectivity index is 1.71. The summed E-state index contributed by atoms with van der Waals surface area (Å²) in [5.41, 5.74) is 0.288. The zero-order valence-electron chi connectivity index (χ0n) is 12.5. The van der Waals surface area contributed by atoms with Crippen LogP contribution in [-0.2, 0) is 4.74 Å². The summed E-state index contributed by atoms with van der Waals surface area (Å²) in [6.07, 6.45) is 3.08. The van der Waals surface area contributed by atoms with Crippen LogP contribution in [0.4, 0.5) is 10.6 Å². The molecule has 0 bridgehead atoms. The number of rotatable bonds is 4. The Hall–Kier alpha value is -2.42. The Kier molecular flexibility index (Phi) is 4.56. The number of hydrogen-bond donors (Lipinski definition) is 1. The normalized spacial score (nSPS) is 17.3. The summed E-state index contributed by atoms with van der Waals surface area (Å²) in [6.45, 7) is 2.68. The number of carbonyl (C=O) groups is 2. The number of thiazole rings is 1. The fourth-order valence-corrected chi connectivity index (χ4v) is 3.40. The molecule has 0 unspecified atom stereocenters. The molecular weight excluding hydrogens is 320 g/mol. The first-order valence-electron chi connectivity index (χ1n) is 7.29. The average Bonchev–Trinajstić information content (AvgIpc) is 3.28. The predicted octanol–water partition coefficient (Wildman–Crippen LogP) is 2.68. The van der Waals surface area contributed by atoms with Gasteiger partial charge in [0, 0.05) is 18.0 Å². The SMILES string of the molecule is CCOC(=O)c1csc([C@@H]2CCCN2C(=O)Nc2ccon2)n1. The lowest BCUT2D eigenvalue weighted by Crippen LogP contribution is -2.34. The van der Waals surface area contributed by atoms with Crippen molar-refractivity contribution in [1.29, 1.82) is 0 Å². The third-order valence-corrected chi connectivity index (χ3v) is 4.42. The molecule has 3 rings (SSSR count). The van der Waals surface area contributed by atoms with Crippen molar-refractivity contribution < 1.29 is 18.8 Å². The lowest BCUT2D eigenvalue weighted by atomic mass is 10.2. The second-order valence-corrected chi connectivity index (χ2v) is 5.85. The summed E-state index contributed by atoms with van der Waals surface area (Å²) in [6, 6.07) is 1.18. The van der Waals surface area contributed by atoms with E-state index in [1.807, 2.05) is 0 Å². The Morgan fingerprint density at radius 2 is 2.43 bits per heavy atom. The minimum atomic E-state index is -0.438. The van der Waals surface area contributed by atoms with Crippen molar-refractivity contribution in [3.05, 3.63) is 28.4 Å². The lowest BCUT2D eigenvalue weighted by molar-refractivity contribution is 0.0520. The molecule has 0 spiro atoms. The highest BCUT2D eigenvalue weighted by Crippen LogP contribution is 2.34. The molecule has 3 heterocycles. The van der Waals surface area contributed by atoms with E-state index in [-0.39, 0.29) is 17.8 Å². The number of carbonyl (C=O) groups excluding carboxylic acids is 2. The van der Waals surface area contributed by atoms with Crippen molar-refractivity contribution in [3.63, 3.8) is 0 Å². The van der Waals surface area contributed by atoms with E-state index in [9.17, 15) is 9.59 Å². The van der Waals surface area contributed by atoms with Gasteiger partial charge in [0.2, 0.25) is 0 Å². The molecule has 1 N–H and O–H groups in total. The van der Waals surface area contributed by atoms with Crippen molar-refractivity contribution in [2.45, 2.75) is 25.8 Å². The summed E-state index contributed by atoms with van der Waals surface area (Å²) >= 11 is 1.36. The van der Waals surface area contributed by atoms with E-state index in [0.717, 1.165) is 17.8 Å². The second-order valence-electron chi connectivity index (χ2n) is 4.96. The van der Waals surface area contributed by atoms with Gasteiger partial charge in [0.15, 0.2) is 11.5 Å². The lowest BCUT2D eigenvalue weighted by Gasteiger charge is -2.22. The second kappa shape index (κ2) is 6.78. The molecule has 2 aromatic heterocycles. The number of nitrogens with zero attached hydrogens (tertiary/aromatic N) is 3. The van der Waals surface area contributed by atoms with E-state index in [4.69, 9.17) is 9.26 Å². The summed E-state index contributed by atoms with van der Waals surface area (Å²) in [7, 11) is 0. The molecular formula is C14H16N4O4S. The quantitative estimate of drug-likeness (QED) is 0.862. The summed E-state index contributed by atoms with van der Waals surface area (Å²) in [5.74, 6) is -0.0707. The van der Waals surface area contributed by atoms with E-state index in [1.54, 1.807) is 23.3 Å². The predicted molar refractivity (Wildman–Crippen MR) is 82.3 cm³/mol. The highest BCUT2D eigenvalue weighted by Gasteiger charge is 2.33. The van der Waals surface area contributed by atoms with Crippen molar-refractivity contribution in [1.82, 2.24) is 15.0 Å². The smallest absolute Gasteiger partial charge is 0.357 e. The molecule has 1 saturated heterocycles. The van der Waals surface area contributed by atoms with Crippen LogP contribution in [0.3, 0.4) is 0 Å². The van der Waals surface area contributed by atoms with Crippen LogP contribution >= 0.6 is 11.3 Å². The number of esters is 1. The molecule has 1 aliphatic rings. The van der Waals surface area contributed by atoms with Gasteiger partial charge in [0.25, 0.3) is 0 Å². The number of nitrogens with one attached hydrogen (secondary N) is 1. The van der Waals surface area contributed by atoms with Gasteiger partial charge in [-0.3, -0.25) is 5.32 Å². The van der Waals surface area contributed by atoms with Gasteiger partial charge in [-0.1, -0.05) is 5.16 Å². The number of likely N-dealkylation sites (tertiary alicyclic amines) is 1. The number of amides is 2. The van der Waals surface area contributed by atoms with Gasteiger partial charge in [0.05, 0.1) is 12.6 Å². The molecule has 0 aromatic carbocycles. The first-order chi connectivity index (χ1) is 11.2. The number of ether oxygens (including phenoxy) is 1. The Bertz CT molecular complexity index is 685. The minimum Gasteiger partial charge on any atom is -0.461 e. The molecule has 2 amide bonds. The number of anilines is 1. The minimum absolute atomic E-state index is 0.143. The zero-order valence-corrected chi connectivity index (χ0v) is 13.3. The van der Waals surface area contributed by atoms with Crippen LogP contribution < -0.4 is 5.32 Å². The standard InChI is InChI=1S/C14H16N4O4S/c1-2-21-13(19)9-8-23-12(15-9)10-4-3-6-18(10)14(20)16-11-5-7-22-17-11/h5,7-8,10H,2-4,6H2,1H3,(H,16,17,20)/t10-/m0/s1. The zero-order chi connectivity index (χ0) is 16.2. The third-order valence-electron chi connectivity index (χ3n) is 3.48. The molecule has 1 fully saturated rings. The Morgan fingerprint density at radius 1 is 1.57 bits per heavy atom. The fraction of sp³-hybridized carbons (Fsp3) is 0.429. The van der Waals surface area contributed by atoms with Crippen LogP contribution in [0.15, 0.2) is 22.2 Å². The molecule has 0 saturated carbocycles. The maximum absolute atomic E-state index is 12.4. The third kappa shape index (κ3) is 3.34. The molecule has 0 radical (unpaired) electrons. The van der Waals surface area contributed by atoms with Crippen LogP contribution in [0, 0.1) is 0 Å². The van der Waals surface area contributed by atoms with E-state index in [0.29, 0.717) is 19.0 Å². The van der Waals surface area contributed by atoms with E-state index in [2.05, 4.69) is 15.5 Å². The summed E-state index contributed by atoms with van der Waals surface area (Å²) in [5, 5.41) is 8.75. The molecule has 0 aliphatic carbocycles. The van der Waals surface area contributed by atoms with Gasteiger partial charge >= 0.3 is 12.0 Å². The van der Waals surface area contributed by atoms with Crippen LogP contribution in [-0.4, -0.2) is 40.2 Å². The fourth-order valence-electron chi connectivity index (χ4n) is 2.46. The highest BCUT2D eigenvalue weighted by atomic mass is 32.1. The molecule has 8 nitrogen and oxygen atoms in total. The van der Waals surface area contributed by atoms with Crippen LogP contribution in [0.1, 0.15) is 41.3 Å². The number of hydrogen-bond acceptors (Lipinski definition) is 7. The summed E-state index contributed by atoms with van der Waals surface area (Å²) < 4.78 is 9.64. The topological polar surface area (TPSA) is 97.6 Å².